The van der Waals surface area contributed by atoms with Crippen LogP contribution >= 0.6 is 0 Å². The van der Waals surface area contributed by atoms with Crippen molar-refractivity contribution < 1.29 is 14.6 Å². The molecule has 4 rings (SSSR count). The van der Waals surface area contributed by atoms with E-state index in [2.05, 4.69) is 10.3 Å². The molecule has 2 aliphatic rings. The number of pyridine rings is 1. The van der Waals surface area contributed by atoms with Crippen LogP contribution in [0.15, 0.2) is 30.5 Å². The summed E-state index contributed by atoms with van der Waals surface area (Å²) in [5.41, 5.74) is 2.81. The van der Waals surface area contributed by atoms with E-state index in [1.54, 1.807) is 6.07 Å². The first kappa shape index (κ1) is 14.5. The number of phenols is 2. The van der Waals surface area contributed by atoms with Gasteiger partial charge in [-0.3, -0.25) is 0 Å². The highest BCUT2D eigenvalue weighted by Gasteiger charge is 2.40. The molecule has 120 valence electrons. The number of hydrogen-bond acceptors (Lipinski definition) is 4. The fourth-order valence-corrected chi connectivity index (χ4v) is 4.29. The number of nitrogens with zero attached hydrogens (tertiary/aromatic N) is 1. The van der Waals surface area contributed by atoms with Gasteiger partial charge in [0, 0.05) is 24.2 Å². The quantitative estimate of drug-likeness (QED) is 0.559. The largest absolute Gasteiger partial charge is 0.504 e. The standard InChI is InChI=1S/C18H19FN2O2/c19-17-7-10(3-6-21-17)13-8-14-11(1-2-16(22)18(14)23)15-9-20-5-4-12(13)15/h1-3,6-7,12-13,15,20,22-23H,4-5,8-9H2. The molecule has 1 saturated heterocycles. The Morgan fingerprint density at radius 1 is 1.17 bits per heavy atom. The summed E-state index contributed by atoms with van der Waals surface area (Å²) in [7, 11) is 0. The fourth-order valence-electron chi connectivity index (χ4n) is 4.29. The molecule has 1 aliphatic heterocycles. The van der Waals surface area contributed by atoms with Gasteiger partial charge in [-0.15, -0.1) is 0 Å². The number of piperidine rings is 1. The summed E-state index contributed by atoms with van der Waals surface area (Å²) in [6.45, 7) is 1.79. The first-order valence-corrected chi connectivity index (χ1v) is 8.01. The molecule has 3 atom stereocenters. The predicted molar refractivity (Wildman–Crippen MR) is 84.1 cm³/mol. The number of halogens is 1. The Balaban J connectivity index is 1.83. The molecule has 1 aromatic carbocycles. The number of phenolic OH excluding ortho intramolecular Hbond substituents is 2. The van der Waals surface area contributed by atoms with Gasteiger partial charge in [-0.25, -0.2) is 4.98 Å². The zero-order valence-electron chi connectivity index (χ0n) is 12.7. The summed E-state index contributed by atoms with van der Waals surface area (Å²) < 4.78 is 13.6. The van der Waals surface area contributed by atoms with Crippen molar-refractivity contribution in [2.24, 2.45) is 5.92 Å². The zero-order chi connectivity index (χ0) is 16.0. The molecule has 0 amide bonds. The predicted octanol–water partition coefficient (Wildman–Crippen LogP) is 2.66. The summed E-state index contributed by atoms with van der Waals surface area (Å²) in [5, 5.41) is 23.5. The molecule has 3 N–H and O–H groups in total. The second-order valence-corrected chi connectivity index (χ2v) is 6.49. The number of fused-ring (bicyclic) bond motifs is 3. The van der Waals surface area contributed by atoms with Crippen molar-refractivity contribution in [1.29, 1.82) is 0 Å². The number of benzene rings is 1. The maximum absolute atomic E-state index is 13.6. The minimum Gasteiger partial charge on any atom is -0.504 e. The monoisotopic (exact) mass is 314 g/mol. The molecular formula is C18H19FN2O2. The average molecular weight is 314 g/mol. The van der Waals surface area contributed by atoms with E-state index in [0.29, 0.717) is 12.3 Å². The maximum atomic E-state index is 13.6. The molecule has 1 fully saturated rings. The van der Waals surface area contributed by atoms with Gasteiger partial charge in [-0.2, -0.15) is 4.39 Å². The van der Waals surface area contributed by atoms with Gasteiger partial charge in [0.2, 0.25) is 5.95 Å². The fraction of sp³-hybridized carbons (Fsp3) is 0.389. The van der Waals surface area contributed by atoms with Crippen molar-refractivity contribution in [2.45, 2.75) is 24.7 Å². The van der Waals surface area contributed by atoms with Crippen molar-refractivity contribution >= 4 is 0 Å². The lowest BCUT2D eigenvalue weighted by molar-refractivity contribution is 0.252. The molecule has 0 bridgehead atoms. The van der Waals surface area contributed by atoms with Gasteiger partial charge in [-0.05, 0) is 60.5 Å². The molecule has 1 aromatic heterocycles. The number of rotatable bonds is 1. The lowest BCUT2D eigenvalue weighted by Crippen LogP contribution is -2.41. The van der Waals surface area contributed by atoms with Crippen LogP contribution in [0.2, 0.25) is 0 Å². The first-order chi connectivity index (χ1) is 11.1. The van der Waals surface area contributed by atoms with Crippen molar-refractivity contribution in [3.8, 4) is 11.5 Å². The maximum Gasteiger partial charge on any atom is 0.213 e. The van der Waals surface area contributed by atoms with Crippen LogP contribution in [-0.2, 0) is 6.42 Å². The van der Waals surface area contributed by atoms with E-state index in [1.807, 2.05) is 12.1 Å². The summed E-state index contributed by atoms with van der Waals surface area (Å²) in [6, 6.07) is 6.83. The van der Waals surface area contributed by atoms with E-state index >= 15 is 0 Å². The molecule has 0 spiro atoms. The lowest BCUT2D eigenvalue weighted by Gasteiger charge is -2.43. The van der Waals surface area contributed by atoms with Gasteiger partial charge < -0.3 is 15.5 Å². The Labute approximate surface area is 134 Å². The number of nitrogens with one attached hydrogen (secondary N) is 1. The molecular weight excluding hydrogens is 295 g/mol. The summed E-state index contributed by atoms with van der Waals surface area (Å²) in [4.78, 5) is 3.65. The van der Waals surface area contributed by atoms with Crippen LogP contribution in [0, 0.1) is 11.9 Å². The Morgan fingerprint density at radius 3 is 2.87 bits per heavy atom. The smallest absolute Gasteiger partial charge is 0.213 e. The first-order valence-electron chi connectivity index (χ1n) is 8.01. The Hall–Kier alpha value is -2.14. The molecule has 23 heavy (non-hydrogen) atoms. The molecule has 5 heteroatoms. The average Bonchev–Trinajstić information content (AvgIpc) is 2.57. The van der Waals surface area contributed by atoms with E-state index in [-0.39, 0.29) is 23.3 Å². The second kappa shape index (κ2) is 5.49. The Bertz CT molecular complexity index is 750. The van der Waals surface area contributed by atoms with Gasteiger partial charge in [0.25, 0.3) is 0 Å². The van der Waals surface area contributed by atoms with E-state index in [9.17, 15) is 14.6 Å². The minimum absolute atomic E-state index is 0.0361. The highest BCUT2D eigenvalue weighted by Crippen LogP contribution is 2.50. The summed E-state index contributed by atoms with van der Waals surface area (Å²) >= 11 is 0. The molecule has 2 aromatic rings. The van der Waals surface area contributed by atoms with Crippen molar-refractivity contribution in [3.05, 3.63) is 53.1 Å². The van der Waals surface area contributed by atoms with Crippen molar-refractivity contribution in [3.63, 3.8) is 0 Å². The molecule has 2 heterocycles. The van der Waals surface area contributed by atoms with E-state index in [0.717, 1.165) is 36.2 Å². The highest BCUT2D eigenvalue weighted by atomic mass is 19.1. The topological polar surface area (TPSA) is 65.4 Å². The van der Waals surface area contributed by atoms with E-state index in [4.69, 9.17) is 0 Å². The number of aromatic nitrogens is 1. The van der Waals surface area contributed by atoms with Gasteiger partial charge in [0.15, 0.2) is 11.5 Å². The van der Waals surface area contributed by atoms with Gasteiger partial charge in [-0.1, -0.05) is 6.07 Å². The second-order valence-electron chi connectivity index (χ2n) is 6.49. The zero-order valence-corrected chi connectivity index (χ0v) is 12.7. The molecule has 0 radical (unpaired) electrons. The van der Waals surface area contributed by atoms with E-state index < -0.39 is 5.95 Å². The summed E-state index contributed by atoms with van der Waals surface area (Å²) in [5.74, 6) is 0.185. The van der Waals surface area contributed by atoms with Crippen molar-refractivity contribution in [1.82, 2.24) is 10.3 Å². The minimum atomic E-state index is -0.473. The summed E-state index contributed by atoms with van der Waals surface area (Å²) in [6.07, 6.45) is 3.12. The molecule has 1 aliphatic carbocycles. The third-order valence-electron chi connectivity index (χ3n) is 5.35. The van der Waals surface area contributed by atoms with Crippen LogP contribution < -0.4 is 5.32 Å². The normalized spacial score (nSPS) is 26.4. The molecule has 4 nitrogen and oxygen atoms in total. The van der Waals surface area contributed by atoms with Crippen LogP contribution in [-0.4, -0.2) is 28.3 Å². The third-order valence-corrected chi connectivity index (χ3v) is 5.35. The molecule has 0 saturated carbocycles. The van der Waals surface area contributed by atoms with Crippen LogP contribution in [0.4, 0.5) is 4.39 Å². The van der Waals surface area contributed by atoms with Crippen LogP contribution in [0.1, 0.15) is 34.9 Å². The highest BCUT2D eigenvalue weighted by molar-refractivity contribution is 5.53. The molecule has 3 unspecified atom stereocenters. The van der Waals surface area contributed by atoms with E-state index in [1.165, 1.54) is 12.3 Å². The Kier molecular flexibility index (Phi) is 3.45. The van der Waals surface area contributed by atoms with Crippen molar-refractivity contribution in [2.75, 3.05) is 13.1 Å². The van der Waals surface area contributed by atoms with Crippen LogP contribution in [0.25, 0.3) is 0 Å². The van der Waals surface area contributed by atoms with Crippen LogP contribution in [0.3, 0.4) is 0 Å². The SMILES string of the molecule is Oc1ccc2c(c1O)CC(c1ccnc(F)c1)C1CCNCC21. The van der Waals surface area contributed by atoms with Gasteiger partial charge >= 0.3 is 0 Å². The Morgan fingerprint density at radius 2 is 2.04 bits per heavy atom. The van der Waals surface area contributed by atoms with Gasteiger partial charge in [0.05, 0.1) is 0 Å². The third kappa shape index (κ3) is 2.36. The number of hydrogen-bond donors (Lipinski definition) is 3. The van der Waals surface area contributed by atoms with Gasteiger partial charge in [0.1, 0.15) is 0 Å². The number of aromatic hydroxyl groups is 2. The van der Waals surface area contributed by atoms with Crippen LogP contribution in [0.5, 0.6) is 11.5 Å². The lowest BCUT2D eigenvalue weighted by atomic mass is 9.64.